The molecule has 0 bridgehead atoms. The van der Waals surface area contributed by atoms with Crippen molar-refractivity contribution in [3.8, 4) is 0 Å². The lowest BCUT2D eigenvalue weighted by Crippen LogP contribution is -2.44. The predicted octanol–water partition coefficient (Wildman–Crippen LogP) is 2.06. The molecule has 1 unspecified atom stereocenters. The Labute approximate surface area is 125 Å². The average Bonchev–Trinajstić information content (AvgIpc) is 2.52. The summed E-state index contributed by atoms with van der Waals surface area (Å²) in [7, 11) is 0. The highest BCUT2D eigenvalue weighted by Gasteiger charge is 2.25. The maximum Gasteiger partial charge on any atom is 0.407 e. The molecule has 1 amide bonds. The van der Waals surface area contributed by atoms with Crippen molar-refractivity contribution in [2.24, 2.45) is 0 Å². The Morgan fingerprint density at radius 3 is 2.59 bits per heavy atom. The second-order valence-corrected chi connectivity index (χ2v) is 4.70. The smallest absolute Gasteiger partial charge is 0.407 e. The number of non-ortho nitro benzene ring substituents is 1. The fourth-order valence-electron chi connectivity index (χ4n) is 2.08. The Balaban J connectivity index is 1.95. The zero-order chi connectivity index (χ0) is 16.1. The van der Waals surface area contributed by atoms with Gasteiger partial charge in [-0.15, -0.1) is 0 Å². The molecule has 1 atom stereocenters. The lowest BCUT2D eigenvalue weighted by atomic mass is 10.1. The van der Waals surface area contributed by atoms with Crippen LogP contribution in [0.5, 0.6) is 0 Å². The van der Waals surface area contributed by atoms with Gasteiger partial charge in [0, 0.05) is 18.7 Å². The summed E-state index contributed by atoms with van der Waals surface area (Å²) in [6, 6.07) is 4.60. The molecule has 0 fully saturated rings. The van der Waals surface area contributed by atoms with Crippen molar-refractivity contribution in [1.82, 2.24) is 4.90 Å². The van der Waals surface area contributed by atoms with E-state index in [-0.39, 0.29) is 24.4 Å². The van der Waals surface area contributed by atoms with Gasteiger partial charge >= 0.3 is 12.1 Å². The maximum absolute atomic E-state index is 11.9. The van der Waals surface area contributed by atoms with Gasteiger partial charge in [-0.25, -0.2) is 9.59 Å². The molecule has 0 saturated carbocycles. The van der Waals surface area contributed by atoms with Crippen LogP contribution in [-0.2, 0) is 4.74 Å². The Kier molecular flexibility index (Phi) is 4.72. The number of benzene rings is 1. The largest absolute Gasteiger partial charge is 0.465 e. The van der Waals surface area contributed by atoms with Gasteiger partial charge in [-0.3, -0.25) is 15.0 Å². The lowest BCUT2D eigenvalue weighted by Gasteiger charge is -2.29. The minimum Gasteiger partial charge on any atom is -0.465 e. The molecular weight excluding hydrogens is 292 g/mol. The minimum atomic E-state index is -1.07. The molecule has 0 aromatic heterocycles. The van der Waals surface area contributed by atoms with E-state index in [0.717, 1.165) is 0 Å². The van der Waals surface area contributed by atoms with Crippen LogP contribution < -0.4 is 0 Å². The van der Waals surface area contributed by atoms with Crippen LogP contribution in [0.25, 0.3) is 0 Å². The van der Waals surface area contributed by atoms with E-state index >= 15 is 0 Å². The third-order valence-corrected chi connectivity index (χ3v) is 3.28. The molecule has 8 nitrogen and oxygen atoms in total. The zero-order valence-electron chi connectivity index (χ0n) is 11.5. The molecule has 0 spiro atoms. The van der Waals surface area contributed by atoms with Crippen LogP contribution in [0.15, 0.2) is 36.4 Å². The van der Waals surface area contributed by atoms with Crippen LogP contribution in [-0.4, -0.2) is 46.2 Å². The van der Waals surface area contributed by atoms with Gasteiger partial charge in [-0.05, 0) is 18.6 Å². The van der Waals surface area contributed by atoms with Crippen molar-refractivity contribution in [3.05, 3.63) is 52.1 Å². The van der Waals surface area contributed by atoms with Crippen molar-refractivity contribution >= 4 is 17.7 Å². The van der Waals surface area contributed by atoms with Crippen LogP contribution in [0.3, 0.4) is 0 Å². The highest BCUT2D eigenvalue weighted by atomic mass is 16.6. The number of carbonyl (C=O) groups is 2. The number of nitro groups is 1. The number of amides is 1. The van der Waals surface area contributed by atoms with Crippen LogP contribution in [0.4, 0.5) is 10.5 Å². The summed E-state index contributed by atoms with van der Waals surface area (Å²) >= 11 is 0. The normalized spacial score (nSPS) is 17.1. The molecule has 8 heteroatoms. The molecule has 116 valence electrons. The van der Waals surface area contributed by atoms with Gasteiger partial charge in [0.1, 0.15) is 6.61 Å². The monoisotopic (exact) mass is 306 g/mol. The average molecular weight is 306 g/mol. The topological polar surface area (TPSA) is 110 Å². The molecule has 0 saturated heterocycles. The first-order valence-electron chi connectivity index (χ1n) is 6.55. The number of hydrogen-bond donors (Lipinski definition) is 1. The van der Waals surface area contributed by atoms with Gasteiger partial charge in [0.2, 0.25) is 0 Å². The summed E-state index contributed by atoms with van der Waals surface area (Å²) in [6.45, 7) is 0.196. The molecule has 1 aliphatic heterocycles. The number of esters is 1. The van der Waals surface area contributed by atoms with Gasteiger partial charge in [0.05, 0.1) is 16.5 Å². The first-order valence-corrected chi connectivity index (χ1v) is 6.55. The molecule has 1 aliphatic rings. The highest BCUT2D eigenvalue weighted by molar-refractivity contribution is 5.89. The molecular formula is C14H14N2O6. The Hall–Kier alpha value is -2.90. The summed E-state index contributed by atoms with van der Waals surface area (Å²) in [6.07, 6.45) is 2.98. The second-order valence-electron chi connectivity index (χ2n) is 4.70. The van der Waals surface area contributed by atoms with Gasteiger partial charge in [0.25, 0.3) is 5.69 Å². The first kappa shape index (κ1) is 15.5. The molecule has 0 aliphatic carbocycles. The van der Waals surface area contributed by atoms with Gasteiger partial charge < -0.3 is 9.84 Å². The van der Waals surface area contributed by atoms with E-state index in [2.05, 4.69) is 0 Å². The van der Waals surface area contributed by atoms with Crippen LogP contribution in [0, 0.1) is 10.1 Å². The summed E-state index contributed by atoms with van der Waals surface area (Å²) in [5.41, 5.74) is 0.0600. The van der Waals surface area contributed by atoms with E-state index < -0.39 is 23.0 Å². The highest BCUT2D eigenvalue weighted by Crippen LogP contribution is 2.15. The van der Waals surface area contributed by atoms with Crippen molar-refractivity contribution in [2.75, 3.05) is 13.2 Å². The van der Waals surface area contributed by atoms with E-state index in [4.69, 9.17) is 9.84 Å². The summed E-state index contributed by atoms with van der Waals surface area (Å²) in [4.78, 5) is 34.1. The Bertz CT molecular complexity index is 610. The molecule has 1 aromatic carbocycles. The maximum atomic E-state index is 11.9. The van der Waals surface area contributed by atoms with Crippen LogP contribution >= 0.6 is 0 Å². The summed E-state index contributed by atoms with van der Waals surface area (Å²) < 4.78 is 5.10. The van der Waals surface area contributed by atoms with Gasteiger partial charge in [0.15, 0.2) is 0 Å². The molecule has 22 heavy (non-hydrogen) atoms. The minimum absolute atomic E-state index is 0.0630. The van der Waals surface area contributed by atoms with Crippen LogP contribution in [0.2, 0.25) is 0 Å². The van der Waals surface area contributed by atoms with Gasteiger partial charge in [-0.2, -0.15) is 0 Å². The Morgan fingerprint density at radius 2 is 2.00 bits per heavy atom. The third kappa shape index (κ3) is 3.60. The van der Waals surface area contributed by atoms with Crippen molar-refractivity contribution in [1.29, 1.82) is 0 Å². The number of carbonyl (C=O) groups excluding carboxylic acids is 1. The fourth-order valence-corrected chi connectivity index (χ4v) is 2.08. The van der Waals surface area contributed by atoms with E-state index in [1.807, 2.05) is 6.08 Å². The van der Waals surface area contributed by atoms with E-state index in [0.29, 0.717) is 6.42 Å². The Morgan fingerprint density at radius 1 is 1.32 bits per heavy atom. The van der Waals surface area contributed by atoms with E-state index in [9.17, 15) is 19.7 Å². The van der Waals surface area contributed by atoms with Crippen molar-refractivity contribution < 1.29 is 24.4 Å². The molecule has 1 heterocycles. The van der Waals surface area contributed by atoms with E-state index in [1.165, 1.54) is 29.2 Å². The standard InChI is InChI=1S/C14H14N2O6/c17-13(10-4-6-11(7-5-10)16(20)21)22-9-12-3-1-2-8-15(12)14(18)19/h1-2,4-7,12H,3,8-9H2,(H,18,19). The number of ether oxygens (including phenoxy) is 1. The second kappa shape index (κ2) is 6.70. The van der Waals surface area contributed by atoms with E-state index in [1.54, 1.807) is 6.08 Å². The summed E-state index contributed by atoms with van der Waals surface area (Å²) in [5, 5.41) is 19.6. The molecule has 0 radical (unpaired) electrons. The molecule has 1 N–H and O–H groups in total. The number of nitro benzene ring substituents is 1. The lowest BCUT2D eigenvalue weighted by molar-refractivity contribution is -0.384. The quantitative estimate of drug-likeness (QED) is 0.394. The first-order chi connectivity index (χ1) is 10.5. The summed E-state index contributed by atoms with van der Waals surface area (Å²) in [5.74, 6) is -0.644. The van der Waals surface area contributed by atoms with Gasteiger partial charge in [-0.1, -0.05) is 12.2 Å². The SMILES string of the molecule is O=C(OCC1CC=CCN1C(=O)O)c1ccc([N+](=O)[O-])cc1. The third-order valence-electron chi connectivity index (χ3n) is 3.28. The number of nitrogens with zero attached hydrogens (tertiary/aromatic N) is 2. The van der Waals surface area contributed by atoms with Crippen molar-refractivity contribution in [3.63, 3.8) is 0 Å². The molecule has 2 rings (SSSR count). The predicted molar refractivity (Wildman–Crippen MR) is 75.7 cm³/mol. The number of rotatable bonds is 4. The molecule has 1 aromatic rings. The number of carboxylic acid groups (broad SMARTS) is 1. The number of hydrogen-bond acceptors (Lipinski definition) is 5. The van der Waals surface area contributed by atoms with Crippen molar-refractivity contribution in [2.45, 2.75) is 12.5 Å². The van der Waals surface area contributed by atoms with Crippen LogP contribution in [0.1, 0.15) is 16.8 Å². The zero-order valence-corrected chi connectivity index (χ0v) is 11.5. The fraction of sp³-hybridized carbons (Fsp3) is 0.286.